The Morgan fingerprint density at radius 2 is 1.81 bits per heavy atom. The largest absolute Gasteiger partial charge is 0.342 e. The lowest BCUT2D eigenvalue weighted by molar-refractivity contribution is -0.136. The highest BCUT2D eigenvalue weighted by molar-refractivity contribution is 5.96. The van der Waals surface area contributed by atoms with E-state index in [0.717, 1.165) is 24.2 Å². The van der Waals surface area contributed by atoms with Crippen molar-refractivity contribution in [1.29, 1.82) is 0 Å². The molecule has 1 heterocycles. The van der Waals surface area contributed by atoms with Crippen molar-refractivity contribution in [2.45, 2.75) is 26.7 Å². The second-order valence-corrected chi connectivity index (χ2v) is 6.33. The van der Waals surface area contributed by atoms with Crippen molar-refractivity contribution in [2.75, 3.05) is 38.1 Å². The highest BCUT2D eigenvalue weighted by atomic mass is 16.2. The Kier molecular flexibility index (Phi) is 6.95. The molecule has 0 spiro atoms. The first-order valence-corrected chi connectivity index (χ1v) is 9.07. The maximum atomic E-state index is 12.2. The van der Waals surface area contributed by atoms with E-state index in [-0.39, 0.29) is 24.3 Å². The summed E-state index contributed by atoms with van der Waals surface area (Å²) in [5.41, 5.74) is 1.76. The fourth-order valence-electron chi connectivity index (χ4n) is 2.94. The maximum absolute atomic E-state index is 12.2. The molecule has 0 aromatic heterocycles. The van der Waals surface area contributed by atoms with Crippen LogP contribution in [0.4, 0.5) is 5.69 Å². The molecule has 1 aromatic carbocycles. The minimum absolute atomic E-state index is 0.0566. The zero-order chi connectivity index (χ0) is 19.1. The molecule has 1 saturated heterocycles. The zero-order valence-corrected chi connectivity index (χ0v) is 15.8. The van der Waals surface area contributed by atoms with Crippen LogP contribution < -0.4 is 4.90 Å². The molecule has 2 rings (SSSR count). The summed E-state index contributed by atoms with van der Waals surface area (Å²) in [7, 11) is 1.62. The van der Waals surface area contributed by atoms with Crippen LogP contribution >= 0.6 is 0 Å². The minimum atomic E-state index is -0.218. The molecule has 1 aliphatic rings. The van der Waals surface area contributed by atoms with Crippen LogP contribution in [0.25, 0.3) is 6.08 Å². The second-order valence-electron chi connectivity index (χ2n) is 6.33. The van der Waals surface area contributed by atoms with Gasteiger partial charge in [-0.3, -0.25) is 14.4 Å². The van der Waals surface area contributed by atoms with Crippen molar-refractivity contribution >= 4 is 29.5 Å². The summed E-state index contributed by atoms with van der Waals surface area (Å²) >= 11 is 0. The summed E-state index contributed by atoms with van der Waals surface area (Å²) in [5.74, 6) is -0.119. The van der Waals surface area contributed by atoms with Gasteiger partial charge in [-0.1, -0.05) is 12.1 Å². The van der Waals surface area contributed by atoms with E-state index < -0.39 is 0 Å². The van der Waals surface area contributed by atoms with Gasteiger partial charge in [0.05, 0.1) is 6.54 Å². The van der Waals surface area contributed by atoms with Gasteiger partial charge in [0.2, 0.25) is 17.7 Å². The molecule has 6 heteroatoms. The van der Waals surface area contributed by atoms with Gasteiger partial charge in [-0.2, -0.15) is 0 Å². The molecule has 0 N–H and O–H groups in total. The van der Waals surface area contributed by atoms with Gasteiger partial charge in [0.25, 0.3) is 0 Å². The van der Waals surface area contributed by atoms with E-state index in [9.17, 15) is 14.4 Å². The highest BCUT2D eigenvalue weighted by Crippen LogP contribution is 2.21. The molecule has 0 saturated carbocycles. The van der Waals surface area contributed by atoms with Gasteiger partial charge in [0.15, 0.2) is 0 Å². The van der Waals surface area contributed by atoms with Crippen LogP contribution in [0.2, 0.25) is 0 Å². The minimum Gasteiger partial charge on any atom is -0.342 e. The third-order valence-electron chi connectivity index (χ3n) is 4.56. The van der Waals surface area contributed by atoms with Crippen LogP contribution in [-0.2, 0) is 14.4 Å². The van der Waals surface area contributed by atoms with Gasteiger partial charge in [-0.25, -0.2) is 0 Å². The predicted molar refractivity (Wildman–Crippen MR) is 103 cm³/mol. The predicted octanol–water partition coefficient (Wildman–Crippen LogP) is 2.15. The van der Waals surface area contributed by atoms with E-state index in [0.29, 0.717) is 19.5 Å². The number of carbonyl (C=O) groups is 3. The van der Waals surface area contributed by atoms with Gasteiger partial charge in [0.1, 0.15) is 0 Å². The molecular formula is C20H27N3O3. The van der Waals surface area contributed by atoms with Crippen molar-refractivity contribution in [1.82, 2.24) is 9.80 Å². The van der Waals surface area contributed by atoms with Crippen LogP contribution in [0.3, 0.4) is 0 Å². The van der Waals surface area contributed by atoms with Crippen molar-refractivity contribution in [3.05, 3.63) is 35.9 Å². The number of nitrogens with zero attached hydrogens (tertiary/aromatic N) is 3. The van der Waals surface area contributed by atoms with E-state index in [1.807, 2.05) is 38.1 Å². The monoisotopic (exact) mass is 357 g/mol. The Hall–Kier alpha value is -2.63. The molecular weight excluding hydrogens is 330 g/mol. The van der Waals surface area contributed by atoms with Crippen molar-refractivity contribution in [3.63, 3.8) is 0 Å². The standard InChI is InChI=1S/C20H27N3O3/c1-4-22(5-2)20(26)15-21(3)18(24)13-10-16-8-11-17(12-9-16)23-14-6-7-19(23)25/h8-13H,4-7,14-15H2,1-3H3/b13-10+. The third kappa shape index (κ3) is 4.94. The Morgan fingerprint density at radius 3 is 2.35 bits per heavy atom. The Bertz CT molecular complexity index is 678. The Balaban J connectivity index is 1.92. The lowest BCUT2D eigenvalue weighted by Gasteiger charge is -2.22. The van der Waals surface area contributed by atoms with Crippen molar-refractivity contribution < 1.29 is 14.4 Å². The zero-order valence-electron chi connectivity index (χ0n) is 15.8. The van der Waals surface area contributed by atoms with Crippen molar-refractivity contribution in [2.24, 2.45) is 0 Å². The van der Waals surface area contributed by atoms with Crippen LogP contribution in [0.15, 0.2) is 30.3 Å². The summed E-state index contributed by atoms with van der Waals surface area (Å²) in [4.78, 5) is 40.9. The van der Waals surface area contributed by atoms with E-state index in [2.05, 4.69) is 0 Å². The van der Waals surface area contributed by atoms with Crippen LogP contribution in [0.5, 0.6) is 0 Å². The molecule has 140 valence electrons. The van der Waals surface area contributed by atoms with E-state index in [4.69, 9.17) is 0 Å². The molecule has 0 unspecified atom stereocenters. The van der Waals surface area contributed by atoms with Crippen molar-refractivity contribution in [3.8, 4) is 0 Å². The molecule has 1 fully saturated rings. The van der Waals surface area contributed by atoms with Gasteiger partial charge in [0, 0.05) is 44.9 Å². The van der Waals surface area contributed by atoms with Gasteiger partial charge >= 0.3 is 0 Å². The fourth-order valence-corrected chi connectivity index (χ4v) is 2.94. The maximum Gasteiger partial charge on any atom is 0.246 e. The third-order valence-corrected chi connectivity index (χ3v) is 4.56. The quantitative estimate of drug-likeness (QED) is 0.703. The summed E-state index contributed by atoms with van der Waals surface area (Å²) < 4.78 is 0. The molecule has 0 aliphatic carbocycles. The Labute approximate surface area is 155 Å². The summed E-state index contributed by atoms with van der Waals surface area (Å²) in [5, 5.41) is 0. The topological polar surface area (TPSA) is 60.9 Å². The van der Waals surface area contributed by atoms with Gasteiger partial charge in [-0.05, 0) is 44.0 Å². The van der Waals surface area contributed by atoms with Crippen LogP contribution in [0.1, 0.15) is 32.3 Å². The number of likely N-dealkylation sites (N-methyl/N-ethyl adjacent to an activating group) is 2. The first kappa shape index (κ1) is 19.7. The average Bonchev–Trinajstić information content (AvgIpc) is 3.07. The summed E-state index contributed by atoms with van der Waals surface area (Å²) in [6.45, 7) is 5.95. The lowest BCUT2D eigenvalue weighted by Crippen LogP contribution is -2.40. The number of anilines is 1. The first-order chi connectivity index (χ1) is 12.5. The SMILES string of the molecule is CCN(CC)C(=O)CN(C)C(=O)/C=C/c1ccc(N2CCCC2=O)cc1. The molecule has 26 heavy (non-hydrogen) atoms. The molecule has 1 aromatic rings. The number of rotatable bonds is 7. The molecule has 3 amide bonds. The van der Waals surface area contributed by atoms with Crippen LogP contribution in [0, 0.1) is 0 Å². The smallest absolute Gasteiger partial charge is 0.246 e. The fraction of sp³-hybridized carbons (Fsp3) is 0.450. The van der Waals surface area contributed by atoms with Crippen LogP contribution in [-0.4, -0.2) is 60.7 Å². The number of carbonyl (C=O) groups excluding carboxylic acids is 3. The van der Waals surface area contributed by atoms with Gasteiger partial charge in [-0.15, -0.1) is 0 Å². The summed E-state index contributed by atoms with van der Waals surface area (Å²) in [6, 6.07) is 7.54. The van der Waals surface area contributed by atoms with Gasteiger partial charge < -0.3 is 14.7 Å². The Morgan fingerprint density at radius 1 is 1.15 bits per heavy atom. The molecule has 1 aliphatic heterocycles. The average molecular weight is 357 g/mol. The normalized spacial score (nSPS) is 14.1. The first-order valence-electron chi connectivity index (χ1n) is 9.07. The number of hydrogen-bond acceptors (Lipinski definition) is 3. The molecule has 0 bridgehead atoms. The number of benzene rings is 1. The number of amides is 3. The lowest BCUT2D eigenvalue weighted by atomic mass is 10.2. The second kappa shape index (κ2) is 9.17. The molecule has 0 atom stereocenters. The van der Waals surface area contributed by atoms with E-state index in [1.54, 1.807) is 22.9 Å². The van der Waals surface area contributed by atoms with E-state index >= 15 is 0 Å². The molecule has 0 radical (unpaired) electrons. The highest BCUT2D eigenvalue weighted by Gasteiger charge is 2.21. The number of hydrogen-bond donors (Lipinski definition) is 0. The summed E-state index contributed by atoms with van der Waals surface area (Å²) in [6.07, 6.45) is 4.68. The molecule has 6 nitrogen and oxygen atoms in total. The van der Waals surface area contributed by atoms with E-state index in [1.165, 1.54) is 11.0 Å².